The lowest BCUT2D eigenvalue weighted by Crippen LogP contribution is -2.13. The lowest BCUT2D eigenvalue weighted by Gasteiger charge is -2.05. The Morgan fingerprint density at radius 3 is 2.53 bits per heavy atom. The molecule has 0 radical (unpaired) electrons. The molecule has 0 bridgehead atoms. The van der Waals surface area contributed by atoms with Gasteiger partial charge in [0.2, 0.25) is 0 Å². The molecule has 1 aromatic rings. The summed E-state index contributed by atoms with van der Waals surface area (Å²) >= 11 is 0. The van der Waals surface area contributed by atoms with E-state index in [-0.39, 0.29) is 18.5 Å². The molecular formula is C12H16ClNO. The van der Waals surface area contributed by atoms with Crippen molar-refractivity contribution in [3.63, 3.8) is 0 Å². The van der Waals surface area contributed by atoms with Crippen LogP contribution in [0.1, 0.15) is 12.0 Å². The third kappa shape index (κ3) is 5.37. The van der Waals surface area contributed by atoms with Crippen LogP contribution >= 0.6 is 12.4 Å². The van der Waals surface area contributed by atoms with Gasteiger partial charge in [-0.25, -0.2) is 5.90 Å². The fourth-order valence-corrected chi connectivity index (χ4v) is 1.13. The molecule has 15 heavy (non-hydrogen) atoms. The van der Waals surface area contributed by atoms with Crippen molar-refractivity contribution in [3.05, 3.63) is 54.6 Å². The zero-order chi connectivity index (χ0) is 10.2. The van der Waals surface area contributed by atoms with Gasteiger partial charge in [0.15, 0.2) is 0 Å². The van der Waals surface area contributed by atoms with Gasteiger partial charge in [0, 0.05) is 0 Å². The van der Waals surface area contributed by atoms with Gasteiger partial charge in [-0.1, -0.05) is 48.6 Å². The van der Waals surface area contributed by atoms with E-state index in [1.807, 2.05) is 42.5 Å². The van der Waals surface area contributed by atoms with E-state index in [0.717, 1.165) is 12.0 Å². The molecule has 0 aliphatic rings. The van der Waals surface area contributed by atoms with Gasteiger partial charge in [-0.2, -0.15) is 0 Å². The number of halogens is 1. The summed E-state index contributed by atoms with van der Waals surface area (Å²) in [5.41, 5.74) is 1.14. The molecule has 0 saturated carbocycles. The maximum absolute atomic E-state index is 5.12. The van der Waals surface area contributed by atoms with Crippen LogP contribution in [-0.2, 0) is 4.84 Å². The molecule has 1 atom stereocenters. The Morgan fingerprint density at radius 2 is 2.00 bits per heavy atom. The minimum absolute atomic E-state index is 0. The highest BCUT2D eigenvalue weighted by Crippen LogP contribution is 2.05. The second-order valence-corrected chi connectivity index (χ2v) is 2.97. The lowest BCUT2D eigenvalue weighted by molar-refractivity contribution is 0.0893. The number of hydrogen-bond acceptors (Lipinski definition) is 2. The van der Waals surface area contributed by atoms with E-state index in [2.05, 4.69) is 6.58 Å². The maximum Gasteiger partial charge on any atom is 0.101 e. The summed E-state index contributed by atoms with van der Waals surface area (Å²) in [6.07, 6.45) is 6.33. The van der Waals surface area contributed by atoms with Crippen molar-refractivity contribution < 1.29 is 4.84 Å². The van der Waals surface area contributed by atoms with Gasteiger partial charge >= 0.3 is 0 Å². The first-order valence-corrected chi connectivity index (χ1v) is 4.56. The molecule has 0 aromatic heterocycles. The van der Waals surface area contributed by atoms with Crippen LogP contribution < -0.4 is 5.90 Å². The Balaban J connectivity index is 0.00000196. The van der Waals surface area contributed by atoms with Crippen molar-refractivity contribution in [1.29, 1.82) is 0 Å². The summed E-state index contributed by atoms with van der Waals surface area (Å²) in [6.45, 7) is 3.63. The first-order valence-electron chi connectivity index (χ1n) is 4.56. The number of rotatable bonds is 5. The molecule has 0 fully saturated rings. The van der Waals surface area contributed by atoms with Crippen molar-refractivity contribution in [2.24, 2.45) is 5.90 Å². The fourth-order valence-electron chi connectivity index (χ4n) is 1.13. The molecule has 0 heterocycles. The molecule has 2 N–H and O–H groups in total. The Bertz CT molecular complexity index is 298. The van der Waals surface area contributed by atoms with Gasteiger partial charge in [-0.15, -0.1) is 19.0 Å². The van der Waals surface area contributed by atoms with E-state index in [1.165, 1.54) is 0 Å². The van der Waals surface area contributed by atoms with Crippen LogP contribution in [0.3, 0.4) is 0 Å². The van der Waals surface area contributed by atoms with Crippen molar-refractivity contribution >= 4 is 18.5 Å². The fraction of sp³-hybridized carbons (Fsp3) is 0.167. The van der Waals surface area contributed by atoms with Gasteiger partial charge in [0.05, 0.1) is 0 Å². The molecule has 0 saturated heterocycles. The van der Waals surface area contributed by atoms with Gasteiger partial charge in [0.1, 0.15) is 6.10 Å². The van der Waals surface area contributed by atoms with E-state index in [9.17, 15) is 0 Å². The summed E-state index contributed by atoms with van der Waals surface area (Å²) < 4.78 is 0. The predicted octanol–water partition coefficient (Wildman–Crippen LogP) is 2.96. The summed E-state index contributed by atoms with van der Waals surface area (Å²) in [5.74, 6) is 5.12. The Morgan fingerprint density at radius 1 is 1.33 bits per heavy atom. The summed E-state index contributed by atoms with van der Waals surface area (Å²) in [5, 5.41) is 0. The SMILES string of the molecule is C=CCC(/C=C/c1ccccc1)ON.Cl. The first kappa shape index (κ1) is 13.9. The smallest absolute Gasteiger partial charge is 0.101 e. The highest BCUT2D eigenvalue weighted by Gasteiger charge is 1.98. The van der Waals surface area contributed by atoms with Crippen LogP contribution in [0.15, 0.2) is 49.1 Å². The van der Waals surface area contributed by atoms with Crippen LogP contribution in [0.4, 0.5) is 0 Å². The highest BCUT2D eigenvalue weighted by atomic mass is 35.5. The minimum atomic E-state index is -0.0901. The lowest BCUT2D eigenvalue weighted by atomic mass is 10.1. The summed E-state index contributed by atoms with van der Waals surface area (Å²) in [7, 11) is 0. The Kier molecular flexibility index (Phi) is 7.64. The normalized spacial score (nSPS) is 12.1. The highest BCUT2D eigenvalue weighted by molar-refractivity contribution is 5.85. The number of nitrogens with two attached hydrogens (primary N) is 1. The van der Waals surface area contributed by atoms with E-state index in [4.69, 9.17) is 10.7 Å². The van der Waals surface area contributed by atoms with Crippen molar-refractivity contribution in [3.8, 4) is 0 Å². The van der Waals surface area contributed by atoms with E-state index < -0.39 is 0 Å². The molecule has 0 spiro atoms. The van der Waals surface area contributed by atoms with E-state index >= 15 is 0 Å². The third-order valence-electron chi connectivity index (χ3n) is 1.88. The average molecular weight is 226 g/mol. The molecule has 1 unspecified atom stereocenters. The van der Waals surface area contributed by atoms with Crippen LogP contribution in [0.25, 0.3) is 6.08 Å². The largest absolute Gasteiger partial charge is 0.297 e. The van der Waals surface area contributed by atoms with Gasteiger partial charge in [-0.05, 0) is 12.0 Å². The van der Waals surface area contributed by atoms with E-state index in [1.54, 1.807) is 6.08 Å². The molecule has 0 aliphatic heterocycles. The standard InChI is InChI=1S/C12H15NO.ClH/c1-2-6-12(14-13)10-9-11-7-4-3-5-8-11;/h2-5,7-10,12H,1,6,13H2;1H/b10-9+;. The molecule has 0 amide bonds. The maximum atomic E-state index is 5.12. The van der Waals surface area contributed by atoms with E-state index in [0.29, 0.717) is 0 Å². The first-order chi connectivity index (χ1) is 6.86. The van der Waals surface area contributed by atoms with Gasteiger partial charge in [0.25, 0.3) is 0 Å². The topological polar surface area (TPSA) is 35.2 Å². The second kappa shape index (κ2) is 8.24. The summed E-state index contributed by atoms with van der Waals surface area (Å²) in [4.78, 5) is 4.75. The summed E-state index contributed by atoms with van der Waals surface area (Å²) in [6, 6.07) is 10.0. The quantitative estimate of drug-likeness (QED) is 0.618. The van der Waals surface area contributed by atoms with Crippen LogP contribution in [0, 0.1) is 0 Å². The average Bonchev–Trinajstić information content (AvgIpc) is 2.25. The number of hydrogen-bond donors (Lipinski definition) is 1. The predicted molar refractivity (Wildman–Crippen MR) is 66.6 cm³/mol. The van der Waals surface area contributed by atoms with Gasteiger partial charge < -0.3 is 0 Å². The van der Waals surface area contributed by atoms with Gasteiger partial charge in [-0.3, -0.25) is 4.84 Å². The zero-order valence-corrected chi connectivity index (χ0v) is 9.32. The molecule has 1 rings (SSSR count). The minimum Gasteiger partial charge on any atom is -0.297 e. The second-order valence-electron chi connectivity index (χ2n) is 2.97. The molecule has 3 heteroatoms. The van der Waals surface area contributed by atoms with Crippen molar-refractivity contribution in [2.75, 3.05) is 0 Å². The van der Waals surface area contributed by atoms with Crippen LogP contribution in [0.2, 0.25) is 0 Å². The molecular weight excluding hydrogens is 210 g/mol. The molecule has 82 valence electrons. The Labute approximate surface area is 96.8 Å². The van der Waals surface area contributed by atoms with Crippen LogP contribution in [0.5, 0.6) is 0 Å². The monoisotopic (exact) mass is 225 g/mol. The molecule has 2 nitrogen and oxygen atoms in total. The molecule has 1 aromatic carbocycles. The zero-order valence-electron chi connectivity index (χ0n) is 8.50. The van der Waals surface area contributed by atoms with Crippen LogP contribution in [-0.4, -0.2) is 6.10 Å². The van der Waals surface area contributed by atoms with Crippen molar-refractivity contribution in [1.82, 2.24) is 0 Å². The number of benzene rings is 1. The third-order valence-corrected chi connectivity index (χ3v) is 1.88. The molecule has 0 aliphatic carbocycles. The Hall–Kier alpha value is -1.09. The van der Waals surface area contributed by atoms with Crippen molar-refractivity contribution in [2.45, 2.75) is 12.5 Å².